The highest BCUT2D eigenvalue weighted by Gasteiger charge is 2.22. The van der Waals surface area contributed by atoms with Crippen LogP contribution in [0.5, 0.6) is 0 Å². The molecule has 1 atom stereocenters. The van der Waals surface area contributed by atoms with Crippen LogP contribution in [0.3, 0.4) is 0 Å². The van der Waals surface area contributed by atoms with Gasteiger partial charge in [0.2, 0.25) is 0 Å². The van der Waals surface area contributed by atoms with Gasteiger partial charge in [-0.1, -0.05) is 13.0 Å². The second kappa shape index (κ2) is 7.09. The molecule has 2 aromatic heterocycles. The Labute approximate surface area is 159 Å². The topological polar surface area (TPSA) is 54.6 Å². The number of nitrogens with zero attached hydrogens (tertiary/aromatic N) is 4. The first kappa shape index (κ1) is 18.2. The molecule has 27 heavy (non-hydrogen) atoms. The molecule has 4 rings (SSSR count). The van der Waals surface area contributed by atoms with Crippen molar-refractivity contribution in [3.63, 3.8) is 0 Å². The van der Waals surface area contributed by atoms with E-state index in [4.69, 9.17) is 0 Å². The minimum absolute atomic E-state index is 0.0881. The molecule has 1 saturated heterocycles. The molecule has 6 nitrogen and oxygen atoms in total. The first-order valence-corrected chi connectivity index (χ1v) is 9.93. The van der Waals surface area contributed by atoms with Crippen LogP contribution in [0.4, 0.5) is 0 Å². The van der Waals surface area contributed by atoms with E-state index in [0.717, 1.165) is 47.3 Å². The van der Waals surface area contributed by atoms with E-state index < -0.39 is 0 Å². The fourth-order valence-corrected chi connectivity index (χ4v) is 4.50. The number of rotatable bonds is 5. The Bertz CT molecular complexity index is 1050. The molecule has 1 aliphatic heterocycles. The fourth-order valence-electron chi connectivity index (χ4n) is 4.50. The summed E-state index contributed by atoms with van der Waals surface area (Å²) in [6.07, 6.45) is 2.55. The molecule has 1 aromatic carbocycles. The monoisotopic (exact) mass is 367 g/mol. The number of aromatic nitrogens is 3. The van der Waals surface area contributed by atoms with Crippen LogP contribution in [0.15, 0.2) is 23.0 Å². The summed E-state index contributed by atoms with van der Waals surface area (Å²) >= 11 is 0. The molecule has 0 aliphatic carbocycles. The molecule has 3 aromatic rings. The Kier molecular flexibility index (Phi) is 4.78. The highest BCUT2D eigenvalue weighted by atomic mass is 16.2. The Morgan fingerprint density at radius 1 is 1.26 bits per heavy atom. The third kappa shape index (κ3) is 3.17. The molecular weight excluding hydrogens is 338 g/mol. The lowest BCUT2D eigenvalue weighted by molar-refractivity contribution is 0.260. The maximum Gasteiger partial charge on any atom is 0.350 e. The molecule has 6 heteroatoms. The third-order valence-corrected chi connectivity index (χ3v) is 5.88. The largest absolute Gasteiger partial charge is 0.350 e. The Balaban J connectivity index is 1.71. The van der Waals surface area contributed by atoms with E-state index in [1.54, 1.807) is 11.4 Å². The van der Waals surface area contributed by atoms with Crippen LogP contribution in [0.1, 0.15) is 36.5 Å². The van der Waals surface area contributed by atoms with Crippen molar-refractivity contribution < 1.29 is 0 Å². The minimum Gasteiger partial charge on any atom is -0.311 e. The predicted molar refractivity (Wildman–Crippen MR) is 109 cm³/mol. The molecule has 1 aliphatic rings. The summed E-state index contributed by atoms with van der Waals surface area (Å²) < 4.78 is 3.20. The van der Waals surface area contributed by atoms with Crippen molar-refractivity contribution in [2.75, 3.05) is 19.6 Å². The van der Waals surface area contributed by atoms with Crippen LogP contribution in [-0.4, -0.2) is 44.8 Å². The number of pyridine rings is 1. The summed E-state index contributed by atoms with van der Waals surface area (Å²) in [5.74, 6) is 0. The zero-order chi connectivity index (χ0) is 19.1. The van der Waals surface area contributed by atoms with Gasteiger partial charge in [-0.25, -0.2) is 13.9 Å². The smallest absolute Gasteiger partial charge is 0.311 e. The summed E-state index contributed by atoms with van der Waals surface area (Å²) in [5, 5.41) is 9.26. The van der Waals surface area contributed by atoms with Gasteiger partial charge in [-0.3, -0.25) is 4.90 Å². The molecule has 144 valence electrons. The van der Waals surface area contributed by atoms with Gasteiger partial charge in [0.1, 0.15) is 0 Å². The van der Waals surface area contributed by atoms with Gasteiger partial charge in [-0.15, -0.1) is 5.10 Å². The number of nitrogens with one attached hydrogen (secondary N) is 1. The Morgan fingerprint density at radius 3 is 2.85 bits per heavy atom. The van der Waals surface area contributed by atoms with Crippen LogP contribution >= 0.6 is 0 Å². The van der Waals surface area contributed by atoms with Gasteiger partial charge in [0.15, 0.2) is 5.65 Å². The van der Waals surface area contributed by atoms with Crippen LogP contribution in [0, 0.1) is 13.8 Å². The van der Waals surface area contributed by atoms with Crippen molar-refractivity contribution in [2.45, 2.75) is 46.2 Å². The average molecular weight is 367 g/mol. The van der Waals surface area contributed by atoms with Gasteiger partial charge in [-0.05, 0) is 63.0 Å². The summed E-state index contributed by atoms with van der Waals surface area (Å²) in [6.45, 7) is 10.4. The van der Waals surface area contributed by atoms with Crippen molar-refractivity contribution in [2.24, 2.45) is 7.05 Å². The van der Waals surface area contributed by atoms with Crippen LogP contribution in [-0.2, 0) is 13.6 Å². The Morgan fingerprint density at radius 2 is 2.07 bits per heavy atom. The normalized spacial score (nSPS) is 18.1. The molecule has 0 unspecified atom stereocenters. The highest BCUT2D eigenvalue weighted by molar-refractivity contribution is 5.87. The van der Waals surface area contributed by atoms with E-state index >= 15 is 0 Å². The first-order valence-electron chi connectivity index (χ1n) is 9.93. The van der Waals surface area contributed by atoms with Gasteiger partial charge in [0, 0.05) is 37.1 Å². The maximum absolute atomic E-state index is 12.7. The van der Waals surface area contributed by atoms with Crippen LogP contribution in [0.2, 0.25) is 0 Å². The summed E-state index contributed by atoms with van der Waals surface area (Å²) in [5.41, 5.74) is 5.03. The second-order valence-electron chi connectivity index (χ2n) is 7.80. The van der Waals surface area contributed by atoms with E-state index in [1.807, 2.05) is 0 Å². The van der Waals surface area contributed by atoms with Crippen molar-refractivity contribution in [1.29, 1.82) is 0 Å². The van der Waals surface area contributed by atoms with Gasteiger partial charge in [-0.2, -0.15) is 0 Å². The SMILES string of the molecule is CCN1CCC[C@@H]1CNCc1cc2c(C)cc(C)cc2n2c(=O)n(C)nc12. The van der Waals surface area contributed by atoms with Crippen molar-refractivity contribution in [3.8, 4) is 0 Å². The van der Waals surface area contributed by atoms with E-state index in [2.05, 4.69) is 54.3 Å². The lowest BCUT2D eigenvalue weighted by atomic mass is 10.0. The fraction of sp³-hybridized carbons (Fsp3) is 0.524. The minimum atomic E-state index is -0.0881. The average Bonchev–Trinajstić information content (AvgIpc) is 3.20. The van der Waals surface area contributed by atoms with Crippen molar-refractivity contribution >= 4 is 16.6 Å². The van der Waals surface area contributed by atoms with Crippen molar-refractivity contribution in [3.05, 3.63) is 45.4 Å². The summed E-state index contributed by atoms with van der Waals surface area (Å²) in [4.78, 5) is 15.3. The van der Waals surface area contributed by atoms with Gasteiger partial charge in [0.25, 0.3) is 0 Å². The molecule has 0 bridgehead atoms. The molecule has 0 spiro atoms. The van der Waals surface area contributed by atoms with E-state index in [9.17, 15) is 4.79 Å². The molecule has 0 amide bonds. The maximum atomic E-state index is 12.7. The van der Waals surface area contributed by atoms with Crippen LogP contribution in [0.25, 0.3) is 16.6 Å². The highest BCUT2D eigenvalue weighted by Crippen LogP contribution is 2.24. The Hall–Kier alpha value is -2.18. The lowest BCUT2D eigenvalue weighted by Crippen LogP contribution is -2.37. The summed E-state index contributed by atoms with van der Waals surface area (Å²) in [6, 6.07) is 7.06. The first-order chi connectivity index (χ1) is 13.0. The zero-order valence-electron chi connectivity index (χ0n) is 16.7. The van der Waals surface area contributed by atoms with E-state index in [0.29, 0.717) is 6.04 Å². The third-order valence-electron chi connectivity index (χ3n) is 5.88. The molecule has 0 radical (unpaired) electrons. The lowest BCUT2D eigenvalue weighted by Gasteiger charge is -2.23. The number of hydrogen-bond acceptors (Lipinski definition) is 4. The van der Waals surface area contributed by atoms with E-state index in [1.165, 1.54) is 29.6 Å². The number of fused-ring (bicyclic) bond motifs is 3. The van der Waals surface area contributed by atoms with Crippen molar-refractivity contribution in [1.82, 2.24) is 24.4 Å². The molecule has 3 heterocycles. The molecular formula is C21H29N5O. The second-order valence-corrected chi connectivity index (χ2v) is 7.80. The standard InChI is InChI=1S/C21H29N5O/c1-5-25-8-6-7-17(25)13-22-12-16-11-18-15(3)9-14(2)10-19(18)26-20(16)23-24(4)21(26)27/h9-11,17,22H,5-8,12-13H2,1-4H3/t17-/m1/s1. The number of benzene rings is 1. The quantitative estimate of drug-likeness (QED) is 0.752. The predicted octanol–water partition coefficient (Wildman–Crippen LogP) is 2.38. The molecule has 1 fully saturated rings. The summed E-state index contributed by atoms with van der Waals surface area (Å²) in [7, 11) is 1.72. The zero-order valence-corrected chi connectivity index (χ0v) is 16.7. The number of hydrogen-bond donors (Lipinski definition) is 1. The molecule has 0 saturated carbocycles. The van der Waals surface area contributed by atoms with E-state index in [-0.39, 0.29) is 5.69 Å². The number of likely N-dealkylation sites (N-methyl/N-ethyl adjacent to an activating group) is 1. The van der Waals surface area contributed by atoms with Gasteiger partial charge < -0.3 is 5.32 Å². The van der Waals surface area contributed by atoms with Gasteiger partial charge in [0.05, 0.1) is 5.52 Å². The molecule has 1 N–H and O–H groups in total. The van der Waals surface area contributed by atoms with Crippen LogP contribution < -0.4 is 11.0 Å². The number of aryl methyl sites for hydroxylation is 3. The van der Waals surface area contributed by atoms with Gasteiger partial charge >= 0.3 is 5.69 Å². The number of likely N-dealkylation sites (tertiary alicyclic amines) is 1.